The summed E-state index contributed by atoms with van der Waals surface area (Å²) in [6.07, 6.45) is 1.77. The number of nitrogens with zero attached hydrogens (tertiary/aromatic N) is 4. The predicted molar refractivity (Wildman–Crippen MR) is 118 cm³/mol. The number of ether oxygens (including phenoxy) is 1. The summed E-state index contributed by atoms with van der Waals surface area (Å²) < 4.78 is 19.1. The maximum Gasteiger partial charge on any atom is 0.320 e. The minimum atomic E-state index is -0.731. The standard InChI is InChI=1S/C22H29FN6O2/c1-2-3-9-31-22-26-20(24)19-21(27-22)29(14-18(30)25-19)12-16-6-4-5-15(10-16)11-28-8-7-17(23)13-28/h4-6,10,17H,2-3,7-9,11-14H2,1H3,(H,25,30)(H2,24,26,27). The smallest absolute Gasteiger partial charge is 0.320 e. The Morgan fingerprint density at radius 1 is 1.29 bits per heavy atom. The van der Waals surface area contributed by atoms with E-state index in [1.807, 2.05) is 23.1 Å². The Morgan fingerprint density at radius 2 is 2.10 bits per heavy atom. The molecule has 0 saturated carbocycles. The number of nitrogen functional groups attached to an aromatic ring is 1. The third-order valence-electron chi connectivity index (χ3n) is 5.51. The predicted octanol–water partition coefficient (Wildman–Crippen LogP) is 2.74. The Kier molecular flexibility index (Phi) is 6.50. The van der Waals surface area contributed by atoms with Gasteiger partial charge in [-0.15, -0.1) is 0 Å². The van der Waals surface area contributed by atoms with Crippen molar-refractivity contribution in [3.8, 4) is 6.01 Å². The van der Waals surface area contributed by atoms with Gasteiger partial charge in [0, 0.05) is 26.2 Å². The first-order chi connectivity index (χ1) is 15.0. The number of carbonyl (C=O) groups is 1. The van der Waals surface area contributed by atoms with E-state index >= 15 is 0 Å². The summed E-state index contributed by atoms with van der Waals surface area (Å²) in [5, 5.41) is 2.77. The molecule has 1 unspecified atom stereocenters. The van der Waals surface area contributed by atoms with Gasteiger partial charge in [-0.25, -0.2) is 4.39 Å². The number of hydrogen-bond donors (Lipinski definition) is 2. The van der Waals surface area contributed by atoms with Crippen molar-refractivity contribution in [2.24, 2.45) is 0 Å². The van der Waals surface area contributed by atoms with Crippen molar-refractivity contribution >= 4 is 23.2 Å². The molecule has 1 aromatic carbocycles. The molecule has 2 aromatic rings. The molecule has 0 spiro atoms. The molecule has 1 aromatic heterocycles. The van der Waals surface area contributed by atoms with E-state index in [9.17, 15) is 9.18 Å². The Bertz CT molecular complexity index is 940. The summed E-state index contributed by atoms with van der Waals surface area (Å²) in [5.74, 6) is 0.589. The van der Waals surface area contributed by atoms with Crippen LogP contribution in [0.3, 0.4) is 0 Å². The number of nitrogens with two attached hydrogens (primary N) is 1. The lowest BCUT2D eigenvalue weighted by Crippen LogP contribution is -2.39. The van der Waals surface area contributed by atoms with Gasteiger partial charge in [-0.05, 0) is 24.0 Å². The van der Waals surface area contributed by atoms with Gasteiger partial charge in [-0.3, -0.25) is 9.69 Å². The number of hydrogen-bond acceptors (Lipinski definition) is 7. The highest BCUT2D eigenvalue weighted by Gasteiger charge is 2.28. The van der Waals surface area contributed by atoms with Crippen LogP contribution in [0.5, 0.6) is 6.01 Å². The van der Waals surface area contributed by atoms with E-state index in [-0.39, 0.29) is 24.3 Å². The van der Waals surface area contributed by atoms with Crippen LogP contribution in [0.25, 0.3) is 0 Å². The number of anilines is 3. The van der Waals surface area contributed by atoms with E-state index in [0.717, 1.165) is 37.1 Å². The largest absolute Gasteiger partial charge is 0.463 e. The quantitative estimate of drug-likeness (QED) is 0.624. The lowest BCUT2D eigenvalue weighted by Gasteiger charge is -2.30. The summed E-state index contributed by atoms with van der Waals surface area (Å²) in [7, 11) is 0. The molecule has 1 saturated heterocycles. The van der Waals surface area contributed by atoms with Crippen molar-refractivity contribution in [2.45, 2.75) is 45.4 Å². The molecule has 8 nitrogen and oxygen atoms in total. The average Bonchev–Trinajstić information content (AvgIpc) is 3.14. The second-order valence-electron chi connectivity index (χ2n) is 8.14. The van der Waals surface area contributed by atoms with Gasteiger partial charge in [0.25, 0.3) is 0 Å². The monoisotopic (exact) mass is 428 g/mol. The Labute approximate surface area is 181 Å². The number of alkyl halides is 1. The fourth-order valence-electron chi connectivity index (χ4n) is 3.96. The number of fused-ring (bicyclic) bond motifs is 1. The summed E-state index contributed by atoms with van der Waals surface area (Å²) in [6, 6.07) is 8.37. The molecule has 2 aliphatic heterocycles. The van der Waals surface area contributed by atoms with Crippen molar-refractivity contribution in [2.75, 3.05) is 42.2 Å². The highest BCUT2D eigenvalue weighted by atomic mass is 19.1. The molecule has 2 aliphatic rings. The zero-order valence-corrected chi connectivity index (χ0v) is 17.8. The second-order valence-corrected chi connectivity index (χ2v) is 8.14. The number of carbonyl (C=O) groups excluding carboxylic acids is 1. The fourth-order valence-corrected chi connectivity index (χ4v) is 3.96. The average molecular weight is 429 g/mol. The highest BCUT2D eigenvalue weighted by Crippen LogP contribution is 2.34. The van der Waals surface area contributed by atoms with Crippen molar-refractivity contribution in [3.05, 3.63) is 35.4 Å². The van der Waals surface area contributed by atoms with Crippen LogP contribution in [0.2, 0.25) is 0 Å². The maximum atomic E-state index is 13.5. The van der Waals surface area contributed by atoms with Crippen molar-refractivity contribution in [1.29, 1.82) is 0 Å². The topological polar surface area (TPSA) is 96.6 Å². The van der Waals surface area contributed by atoms with Crippen LogP contribution in [0.1, 0.15) is 37.3 Å². The van der Waals surface area contributed by atoms with E-state index in [0.29, 0.717) is 37.6 Å². The van der Waals surface area contributed by atoms with E-state index in [2.05, 4.69) is 33.2 Å². The van der Waals surface area contributed by atoms with Gasteiger partial charge in [0.1, 0.15) is 11.9 Å². The van der Waals surface area contributed by atoms with Gasteiger partial charge in [0.05, 0.1) is 13.2 Å². The number of amides is 1. The van der Waals surface area contributed by atoms with E-state index in [1.54, 1.807) is 0 Å². The Morgan fingerprint density at radius 3 is 2.84 bits per heavy atom. The number of benzene rings is 1. The number of halogens is 1. The Hall–Kier alpha value is -2.94. The molecule has 3 heterocycles. The molecule has 3 N–H and O–H groups in total. The number of likely N-dealkylation sites (tertiary alicyclic amines) is 1. The molecule has 1 atom stereocenters. The zero-order chi connectivity index (χ0) is 21.8. The SMILES string of the molecule is CCCCOc1nc(N)c2c(n1)N(Cc1cccc(CN3CCC(F)C3)c1)CC(=O)N2. The molecule has 4 rings (SSSR count). The molecular weight excluding hydrogens is 399 g/mol. The van der Waals surface area contributed by atoms with Gasteiger partial charge < -0.3 is 20.7 Å². The fraction of sp³-hybridized carbons (Fsp3) is 0.500. The molecule has 0 bridgehead atoms. The number of unbranched alkanes of at least 4 members (excludes halogenated alkanes) is 1. The molecule has 9 heteroatoms. The maximum absolute atomic E-state index is 13.5. The van der Waals surface area contributed by atoms with E-state index in [1.165, 1.54) is 0 Å². The number of rotatable bonds is 8. The molecule has 1 fully saturated rings. The third-order valence-corrected chi connectivity index (χ3v) is 5.51. The van der Waals surface area contributed by atoms with Crippen LogP contribution < -0.4 is 20.7 Å². The molecule has 0 aliphatic carbocycles. The number of aromatic nitrogens is 2. The minimum absolute atomic E-state index is 0.162. The lowest BCUT2D eigenvalue weighted by atomic mass is 10.1. The van der Waals surface area contributed by atoms with Gasteiger partial charge in [0.2, 0.25) is 5.91 Å². The van der Waals surface area contributed by atoms with Gasteiger partial charge in [-0.2, -0.15) is 9.97 Å². The van der Waals surface area contributed by atoms with Crippen molar-refractivity contribution < 1.29 is 13.9 Å². The Balaban J connectivity index is 1.52. The van der Waals surface area contributed by atoms with Crippen LogP contribution in [-0.2, 0) is 17.9 Å². The summed E-state index contributed by atoms with van der Waals surface area (Å²) in [5.41, 5.74) is 8.67. The van der Waals surface area contributed by atoms with E-state index < -0.39 is 6.17 Å². The molecule has 166 valence electrons. The lowest BCUT2D eigenvalue weighted by molar-refractivity contribution is -0.115. The molecule has 1 amide bonds. The minimum Gasteiger partial charge on any atom is -0.463 e. The number of nitrogens with one attached hydrogen (secondary N) is 1. The van der Waals surface area contributed by atoms with Crippen molar-refractivity contribution in [1.82, 2.24) is 14.9 Å². The normalized spacial score (nSPS) is 18.7. The van der Waals surface area contributed by atoms with Crippen LogP contribution in [0, 0.1) is 0 Å². The van der Waals surface area contributed by atoms with Gasteiger partial charge in [0.15, 0.2) is 11.6 Å². The van der Waals surface area contributed by atoms with Crippen LogP contribution in [0.15, 0.2) is 24.3 Å². The van der Waals surface area contributed by atoms with E-state index in [4.69, 9.17) is 10.5 Å². The molecule has 31 heavy (non-hydrogen) atoms. The molecule has 0 radical (unpaired) electrons. The van der Waals surface area contributed by atoms with Crippen LogP contribution in [-0.4, -0.2) is 53.2 Å². The first kappa shape index (κ1) is 21.3. The zero-order valence-electron chi connectivity index (χ0n) is 17.8. The summed E-state index contributed by atoms with van der Waals surface area (Å²) in [4.78, 5) is 25.0. The first-order valence-electron chi connectivity index (χ1n) is 10.8. The van der Waals surface area contributed by atoms with Crippen molar-refractivity contribution in [3.63, 3.8) is 0 Å². The van der Waals surface area contributed by atoms with Crippen LogP contribution in [0.4, 0.5) is 21.7 Å². The second kappa shape index (κ2) is 9.47. The summed E-state index contributed by atoms with van der Waals surface area (Å²) >= 11 is 0. The third kappa shape index (κ3) is 5.22. The van der Waals surface area contributed by atoms with Gasteiger partial charge >= 0.3 is 6.01 Å². The first-order valence-corrected chi connectivity index (χ1v) is 10.8. The van der Waals surface area contributed by atoms with Crippen LogP contribution >= 0.6 is 0 Å². The highest BCUT2D eigenvalue weighted by molar-refractivity contribution is 6.03. The summed E-state index contributed by atoms with van der Waals surface area (Å²) in [6.45, 7) is 5.23. The molecular formula is C22H29FN6O2. The van der Waals surface area contributed by atoms with Gasteiger partial charge in [-0.1, -0.05) is 37.6 Å².